The third-order valence-corrected chi connectivity index (χ3v) is 8.21. The number of nitrogens with one attached hydrogen (secondary N) is 2. The minimum Gasteiger partial charge on any atom is -0.462 e. The van der Waals surface area contributed by atoms with Crippen molar-refractivity contribution in [3.05, 3.63) is 95.9 Å². The lowest BCUT2D eigenvalue weighted by Crippen LogP contribution is -2.35. The van der Waals surface area contributed by atoms with E-state index >= 15 is 0 Å². The van der Waals surface area contributed by atoms with Gasteiger partial charge in [0.25, 0.3) is 10.0 Å². The molecular weight excluding hydrogens is 537 g/mol. The zero-order chi connectivity index (χ0) is 28.3. The average Bonchev–Trinajstić information content (AvgIpc) is 3.36. The molecule has 0 radical (unpaired) electrons. The van der Waals surface area contributed by atoms with E-state index in [2.05, 4.69) is 15.7 Å². The Morgan fingerprint density at radius 2 is 1.88 bits per heavy atom. The van der Waals surface area contributed by atoms with Crippen molar-refractivity contribution in [2.75, 3.05) is 28.1 Å². The van der Waals surface area contributed by atoms with Crippen molar-refractivity contribution < 1.29 is 27.4 Å². The highest BCUT2D eigenvalue weighted by atomic mass is 32.2. The minimum atomic E-state index is -3.87. The van der Waals surface area contributed by atoms with Crippen molar-refractivity contribution in [1.29, 1.82) is 0 Å². The number of hydrogen-bond donors (Lipinski definition) is 3. The molecule has 10 nitrogen and oxygen atoms in total. The minimum absolute atomic E-state index is 0.0483. The predicted octanol–water partition coefficient (Wildman–Crippen LogP) is 4.13. The van der Waals surface area contributed by atoms with E-state index in [1.807, 2.05) is 18.2 Å². The quantitative estimate of drug-likeness (QED) is 0.204. The number of aliphatic hydroxyl groups excluding tert-OH is 1. The monoisotopic (exact) mass is 565 g/mol. The second-order valence-corrected chi connectivity index (χ2v) is 10.9. The number of aliphatic hydroxyl groups is 1. The molecule has 40 heavy (non-hydrogen) atoms. The van der Waals surface area contributed by atoms with Crippen molar-refractivity contribution in [3.8, 4) is 5.69 Å². The second kappa shape index (κ2) is 11.4. The molecule has 5 rings (SSSR count). The van der Waals surface area contributed by atoms with E-state index < -0.39 is 28.2 Å². The standard InChI is InChI=1S/C28H28FN5O5S/c1-2-39-27(35)24-18-30-34(22-14-12-20(29)13-15-22)26(24)32-28(36)31-21-9-5-10-23(17-21)40(37,38)33-16-6-8-19-7-3-4-11-25(19)33/h3-5,7,9-15,17-18,28,31-32,36H,2,6,8,16H2,1H3. The Morgan fingerprint density at radius 1 is 1.10 bits per heavy atom. The van der Waals surface area contributed by atoms with Gasteiger partial charge >= 0.3 is 5.97 Å². The van der Waals surface area contributed by atoms with Crippen LogP contribution in [0.2, 0.25) is 0 Å². The average molecular weight is 566 g/mol. The van der Waals surface area contributed by atoms with E-state index in [1.54, 1.807) is 25.1 Å². The molecule has 1 aromatic heterocycles. The van der Waals surface area contributed by atoms with Gasteiger partial charge in [-0.15, -0.1) is 0 Å². The van der Waals surface area contributed by atoms with Crippen molar-refractivity contribution in [1.82, 2.24) is 9.78 Å². The van der Waals surface area contributed by atoms with E-state index in [9.17, 15) is 22.7 Å². The van der Waals surface area contributed by atoms with Crippen LogP contribution in [0.1, 0.15) is 29.3 Å². The van der Waals surface area contributed by atoms with E-state index in [1.165, 1.54) is 51.6 Å². The van der Waals surface area contributed by atoms with E-state index in [-0.39, 0.29) is 22.9 Å². The molecule has 1 aliphatic heterocycles. The van der Waals surface area contributed by atoms with Gasteiger partial charge in [-0.2, -0.15) is 5.10 Å². The van der Waals surface area contributed by atoms with Gasteiger partial charge in [0, 0.05) is 12.2 Å². The third kappa shape index (κ3) is 5.49. The van der Waals surface area contributed by atoms with E-state index in [0.717, 1.165) is 12.0 Å². The van der Waals surface area contributed by atoms with Gasteiger partial charge in [0.15, 0.2) is 0 Å². The summed E-state index contributed by atoms with van der Waals surface area (Å²) in [5.41, 5.74) is 2.43. The largest absolute Gasteiger partial charge is 0.462 e. The zero-order valence-electron chi connectivity index (χ0n) is 21.6. The fraction of sp³-hybridized carbons (Fsp3) is 0.214. The number of hydrogen-bond acceptors (Lipinski definition) is 8. The Morgan fingerprint density at radius 3 is 2.65 bits per heavy atom. The molecule has 1 unspecified atom stereocenters. The number of anilines is 3. The lowest BCUT2D eigenvalue weighted by atomic mass is 10.0. The summed E-state index contributed by atoms with van der Waals surface area (Å²) in [6.45, 7) is 2.16. The maximum atomic E-state index is 13.6. The molecule has 0 spiro atoms. The number of aromatic nitrogens is 2. The number of carbonyl (C=O) groups excluding carboxylic acids is 1. The number of carbonyl (C=O) groups is 1. The third-order valence-electron chi connectivity index (χ3n) is 6.40. The zero-order valence-corrected chi connectivity index (χ0v) is 22.4. The summed E-state index contributed by atoms with van der Waals surface area (Å²) >= 11 is 0. The Bertz CT molecular complexity index is 1620. The maximum Gasteiger partial charge on any atom is 0.343 e. The van der Waals surface area contributed by atoms with Gasteiger partial charge < -0.3 is 20.5 Å². The van der Waals surface area contributed by atoms with Crippen molar-refractivity contribution in [2.45, 2.75) is 31.0 Å². The molecule has 1 atom stereocenters. The van der Waals surface area contributed by atoms with Gasteiger partial charge in [0.2, 0.25) is 6.35 Å². The van der Waals surface area contributed by atoms with Gasteiger partial charge in [-0.25, -0.2) is 22.3 Å². The van der Waals surface area contributed by atoms with E-state index in [0.29, 0.717) is 30.0 Å². The maximum absolute atomic E-state index is 13.6. The van der Waals surface area contributed by atoms with Crippen LogP contribution in [0.5, 0.6) is 0 Å². The van der Waals surface area contributed by atoms with Gasteiger partial charge in [-0.1, -0.05) is 24.3 Å². The molecule has 2 heterocycles. The molecular formula is C28H28FN5O5S. The van der Waals surface area contributed by atoms with Crippen LogP contribution in [-0.4, -0.2) is 48.8 Å². The number of aryl methyl sites for hydroxylation is 1. The first-order chi connectivity index (χ1) is 19.3. The van der Waals surface area contributed by atoms with Crippen LogP contribution in [0.15, 0.2) is 83.9 Å². The van der Waals surface area contributed by atoms with Crippen LogP contribution in [0.25, 0.3) is 5.69 Å². The molecule has 0 aliphatic carbocycles. The molecule has 1 aliphatic rings. The van der Waals surface area contributed by atoms with Crippen LogP contribution in [0.4, 0.5) is 21.6 Å². The number of rotatable bonds is 9. The van der Waals surface area contributed by atoms with Gasteiger partial charge in [0.05, 0.1) is 29.1 Å². The summed E-state index contributed by atoms with van der Waals surface area (Å²) in [6, 6.07) is 19.0. The molecule has 0 fully saturated rings. The topological polar surface area (TPSA) is 126 Å². The number of nitrogens with zero attached hydrogens (tertiary/aromatic N) is 3. The van der Waals surface area contributed by atoms with Crippen LogP contribution >= 0.6 is 0 Å². The first-order valence-corrected chi connectivity index (χ1v) is 14.1. The summed E-state index contributed by atoms with van der Waals surface area (Å²) in [5.74, 6) is -1.01. The number of sulfonamides is 1. The molecule has 0 amide bonds. The summed E-state index contributed by atoms with van der Waals surface area (Å²) in [7, 11) is -3.87. The summed E-state index contributed by atoms with van der Waals surface area (Å²) in [6.07, 6.45) is 1.32. The number of halogens is 1. The SMILES string of the molecule is CCOC(=O)c1cnn(-c2ccc(F)cc2)c1NC(O)Nc1cccc(S(=O)(=O)N2CCCc3ccccc32)c1. The normalized spacial score (nSPS) is 13.8. The van der Waals surface area contributed by atoms with Gasteiger partial charge in [-0.05, 0) is 73.9 Å². The summed E-state index contributed by atoms with van der Waals surface area (Å²) < 4.78 is 48.5. The first-order valence-electron chi connectivity index (χ1n) is 12.7. The van der Waals surface area contributed by atoms with Gasteiger partial charge in [-0.3, -0.25) is 4.31 Å². The Kier molecular flexibility index (Phi) is 7.71. The molecule has 0 saturated heterocycles. The molecule has 12 heteroatoms. The van der Waals surface area contributed by atoms with Crippen LogP contribution in [-0.2, 0) is 21.2 Å². The molecule has 0 bridgehead atoms. The molecule has 3 N–H and O–H groups in total. The Balaban J connectivity index is 1.40. The molecule has 3 aromatic carbocycles. The Labute approximate surface area is 231 Å². The lowest BCUT2D eigenvalue weighted by Gasteiger charge is -2.30. The number of esters is 1. The molecule has 0 saturated carbocycles. The lowest BCUT2D eigenvalue weighted by molar-refractivity contribution is 0.0527. The van der Waals surface area contributed by atoms with Gasteiger partial charge in [0.1, 0.15) is 17.2 Å². The smallest absolute Gasteiger partial charge is 0.343 e. The number of fused-ring (bicyclic) bond motifs is 1. The first kappa shape index (κ1) is 27.2. The van der Waals surface area contributed by atoms with Crippen molar-refractivity contribution in [2.24, 2.45) is 0 Å². The van der Waals surface area contributed by atoms with Crippen LogP contribution in [0, 0.1) is 5.82 Å². The highest BCUT2D eigenvalue weighted by Crippen LogP contribution is 2.32. The second-order valence-electron chi connectivity index (χ2n) is 9.04. The number of benzene rings is 3. The summed E-state index contributed by atoms with van der Waals surface area (Å²) in [4.78, 5) is 12.6. The molecule has 4 aromatic rings. The number of para-hydroxylation sites is 1. The molecule has 208 valence electrons. The van der Waals surface area contributed by atoms with Crippen LogP contribution < -0.4 is 14.9 Å². The van der Waals surface area contributed by atoms with Crippen molar-refractivity contribution >= 4 is 33.2 Å². The van der Waals surface area contributed by atoms with Crippen molar-refractivity contribution in [3.63, 3.8) is 0 Å². The summed E-state index contributed by atoms with van der Waals surface area (Å²) in [5, 5.41) is 20.7. The highest BCUT2D eigenvalue weighted by Gasteiger charge is 2.29. The fourth-order valence-electron chi connectivity index (χ4n) is 4.57. The predicted molar refractivity (Wildman–Crippen MR) is 148 cm³/mol. The van der Waals surface area contributed by atoms with Crippen LogP contribution in [0.3, 0.4) is 0 Å². The number of ether oxygens (including phenoxy) is 1. The Hall–Kier alpha value is -4.42. The fourth-order valence-corrected chi connectivity index (χ4v) is 6.16. The van der Waals surface area contributed by atoms with E-state index in [4.69, 9.17) is 4.74 Å². The highest BCUT2D eigenvalue weighted by molar-refractivity contribution is 7.92.